The summed E-state index contributed by atoms with van der Waals surface area (Å²) in [6, 6.07) is 0. The standard InChI is InChI=1S/C10H12.C5H12O3/c1-2-9-7-4-5-8(6-7)10(9)3-1;1-5(2,8)4(7)3-6/h1-2,4-5,7-10H,3,6H2;4,6-8H,3H2,1-2H3. The molecule has 2 bridgehead atoms. The van der Waals surface area contributed by atoms with Crippen LogP contribution in [0.25, 0.3) is 0 Å². The Morgan fingerprint density at radius 2 is 1.89 bits per heavy atom. The SMILES string of the molecule is C1=CC2C3C=CC(C3)C2C1.CC(C)(O)C(O)CO. The van der Waals surface area contributed by atoms with Crippen molar-refractivity contribution in [2.75, 3.05) is 6.61 Å². The zero-order chi connectivity index (χ0) is 13.3. The Bertz CT molecular complexity index is 340. The predicted molar refractivity (Wildman–Crippen MR) is 70.9 cm³/mol. The van der Waals surface area contributed by atoms with E-state index in [0.717, 1.165) is 23.7 Å². The molecule has 5 atom stereocenters. The highest BCUT2D eigenvalue weighted by molar-refractivity contribution is 5.21. The lowest BCUT2D eigenvalue weighted by Crippen LogP contribution is -2.38. The van der Waals surface area contributed by atoms with E-state index in [4.69, 9.17) is 15.3 Å². The topological polar surface area (TPSA) is 60.7 Å². The molecule has 1 fully saturated rings. The van der Waals surface area contributed by atoms with E-state index in [0.29, 0.717) is 0 Å². The number of allylic oxidation sites excluding steroid dienone is 4. The predicted octanol–water partition coefficient (Wildman–Crippen LogP) is 1.50. The minimum atomic E-state index is -1.19. The fourth-order valence-corrected chi connectivity index (χ4v) is 3.20. The minimum Gasteiger partial charge on any atom is -0.394 e. The lowest BCUT2D eigenvalue weighted by atomic mass is 9.86. The van der Waals surface area contributed by atoms with Gasteiger partial charge in [-0.1, -0.05) is 24.3 Å². The third-order valence-electron chi connectivity index (χ3n) is 4.44. The highest BCUT2D eigenvalue weighted by Gasteiger charge is 2.44. The van der Waals surface area contributed by atoms with Crippen LogP contribution < -0.4 is 0 Å². The van der Waals surface area contributed by atoms with Gasteiger partial charge in [-0.05, 0) is 50.4 Å². The highest BCUT2D eigenvalue weighted by atomic mass is 16.4. The molecule has 3 nitrogen and oxygen atoms in total. The van der Waals surface area contributed by atoms with E-state index in [9.17, 15) is 0 Å². The molecule has 0 aromatic carbocycles. The van der Waals surface area contributed by atoms with Gasteiger partial charge in [-0.3, -0.25) is 0 Å². The number of rotatable bonds is 2. The molecule has 0 amide bonds. The number of hydrogen-bond acceptors (Lipinski definition) is 3. The van der Waals surface area contributed by atoms with Crippen LogP contribution in [0.5, 0.6) is 0 Å². The molecular weight excluding hydrogens is 228 g/mol. The van der Waals surface area contributed by atoms with Crippen LogP contribution in [0.3, 0.4) is 0 Å². The van der Waals surface area contributed by atoms with E-state index in [1.165, 1.54) is 26.7 Å². The molecule has 3 aliphatic carbocycles. The van der Waals surface area contributed by atoms with Crippen LogP contribution in [-0.2, 0) is 0 Å². The Hall–Kier alpha value is -0.640. The second-order valence-corrected chi connectivity index (χ2v) is 6.21. The molecule has 3 aliphatic rings. The van der Waals surface area contributed by atoms with Crippen LogP contribution in [0.1, 0.15) is 26.7 Å². The molecule has 0 saturated heterocycles. The largest absolute Gasteiger partial charge is 0.394 e. The van der Waals surface area contributed by atoms with Gasteiger partial charge in [0.05, 0.1) is 12.2 Å². The van der Waals surface area contributed by atoms with Gasteiger partial charge in [0.2, 0.25) is 0 Å². The summed E-state index contributed by atoms with van der Waals surface area (Å²) in [6.45, 7) is 2.48. The van der Waals surface area contributed by atoms with Crippen molar-refractivity contribution in [1.29, 1.82) is 0 Å². The molecule has 0 spiro atoms. The fourth-order valence-electron chi connectivity index (χ4n) is 3.20. The Kier molecular flexibility index (Phi) is 3.95. The van der Waals surface area contributed by atoms with E-state index < -0.39 is 18.3 Å². The van der Waals surface area contributed by atoms with Crippen LogP contribution in [0.4, 0.5) is 0 Å². The van der Waals surface area contributed by atoms with Gasteiger partial charge < -0.3 is 15.3 Å². The summed E-state index contributed by atoms with van der Waals surface area (Å²) in [7, 11) is 0. The van der Waals surface area contributed by atoms with Crippen molar-refractivity contribution >= 4 is 0 Å². The normalized spacial score (nSPS) is 37.4. The molecule has 0 aromatic rings. The molecule has 3 rings (SSSR count). The van der Waals surface area contributed by atoms with Crippen molar-refractivity contribution in [3.05, 3.63) is 24.3 Å². The lowest BCUT2D eigenvalue weighted by Gasteiger charge is -2.21. The van der Waals surface area contributed by atoms with Gasteiger partial charge in [0.1, 0.15) is 6.10 Å². The molecule has 0 aliphatic heterocycles. The van der Waals surface area contributed by atoms with E-state index in [1.54, 1.807) is 0 Å². The maximum absolute atomic E-state index is 8.88. The van der Waals surface area contributed by atoms with Gasteiger partial charge in [0.15, 0.2) is 0 Å². The third-order valence-corrected chi connectivity index (χ3v) is 4.44. The fraction of sp³-hybridized carbons (Fsp3) is 0.733. The second kappa shape index (κ2) is 5.16. The first kappa shape index (κ1) is 13.8. The number of aliphatic hydroxyl groups excluding tert-OH is 2. The van der Waals surface area contributed by atoms with Gasteiger partial charge in [-0.15, -0.1) is 0 Å². The summed E-state index contributed by atoms with van der Waals surface area (Å²) in [5, 5.41) is 25.8. The van der Waals surface area contributed by atoms with Crippen LogP contribution in [0, 0.1) is 23.7 Å². The molecule has 18 heavy (non-hydrogen) atoms. The molecule has 0 radical (unpaired) electrons. The Balaban J connectivity index is 0.000000139. The first-order chi connectivity index (χ1) is 8.43. The van der Waals surface area contributed by atoms with Crippen molar-refractivity contribution in [2.45, 2.75) is 38.4 Å². The van der Waals surface area contributed by atoms with Crippen molar-refractivity contribution < 1.29 is 15.3 Å². The number of hydrogen-bond donors (Lipinski definition) is 3. The van der Waals surface area contributed by atoms with Gasteiger partial charge in [-0.25, -0.2) is 0 Å². The average molecular weight is 252 g/mol. The summed E-state index contributed by atoms with van der Waals surface area (Å²) in [5.41, 5.74) is -1.19. The van der Waals surface area contributed by atoms with Crippen LogP contribution in [0.2, 0.25) is 0 Å². The van der Waals surface area contributed by atoms with Crippen molar-refractivity contribution in [1.82, 2.24) is 0 Å². The van der Waals surface area contributed by atoms with Gasteiger partial charge in [0, 0.05) is 0 Å². The number of fused-ring (bicyclic) bond motifs is 5. The van der Waals surface area contributed by atoms with E-state index in [1.807, 2.05) is 0 Å². The van der Waals surface area contributed by atoms with E-state index in [-0.39, 0.29) is 0 Å². The first-order valence-corrected chi connectivity index (χ1v) is 6.79. The maximum atomic E-state index is 8.88. The zero-order valence-corrected chi connectivity index (χ0v) is 11.2. The monoisotopic (exact) mass is 252 g/mol. The minimum absolute atomic E-state index is 0.399. The smallest absolute Gasteiger partial charge is 0.105 e. The molecule has 5 unspecified atom stereocenters. The van der Waals surface area contributed by atoms with Crippen molar-refractivity contribution in [3.63, 3.8) is 0 Å². The highest BCUT2D eigenvalue weighted by Crippen LogP contribution is 2.52. The van der Waals surface area contributed by atoms with Crippen molar-refractivity contribution in [3.8, 4) is 0 Å². The molecule has 102 valence electrons. The summed E-state index contributed by atoms with van der Waals surface area (Å²) in [4.78, 5) is 0. The maximum Gasteiger partial charge on any atom is 0.105 e. The van der Waals surface area contributed by atoms with Crippen molar-refractivity contribution in [2.24, 2.45) is 23.7 Å². The van der Waals surface area contributed by atoms with E-state index >= 15 is 0 Å². The summed E-state index contributed by atoms with van der Waals surface area (Å²) in [6.07, 6.45) is 11.5. The van der Waals surface area contributed by atoms with Crippen LogP contribution in [-0.4, -0.2) is 33.6 Å². The molecule has 3 heteroatoms. The van der Waals surface area contributed by atoms with Crippen LogP contribution in [0.15, 0.2) is 24.3 Å². The second-order valence-electron chi connectivity index (χ2n) is 6.21. The molecule has 0 aromatic heterocycles. The summed E-state index contributed by atoms with van der Waals surface area (Å²) < 4.78 is 0. The first-order valence-electron chi connectivity index (χ1n) is 6.79. The lowest BCUT2D eigenvalue weighted by molar-refractivity contribution is -0.0707. The Labute approximate surface area is 109 Å². The number of aliphatic hydroxyl groups is 3. The molecule has 3 N–H and O–H groups in total. The summed E-state index contributed by atoms with van der Waals surface area (Å²) >= 11 is 0. The van der Waals surface area contributed by atoms with Crippen LogP contribution >= 0.6 is 0 Å². The summed E-state index contributed by atoms with van der Waals surface area (Å²) in [5.74, 6) is 3.82. The third kappa shape index (κ3) is 2.68. The average Bonchev–Trinajstić information content (AvgIpc) is 2.99. The quantitative estimate of drug-likeness (QED) is 0.653. The van der Waals surface area contributed by atoms with Gasteiger partial charge in [-0.2, -0.15) is 0 Å². The van der Waals surface area contributed by atoms with Gasteiger partial charge in [0.25, 0.3) is 0 Å². The Morgan fingerprint density at radius 1 is 1.22 bits per heavy atom. The molecule has 0 heterocycles. The van der Waals surface area contributed by atoms with Gasteiger partial charge >= 0.3 is 0 Å². The molecule has 1 saturated carbocycles. The molecular formula is C15H24O3. The zero-order valence-electron chi connectivity index (χ0n) is 11.2. The van der Waals surface area contributed by atoms with E-state index in [2.05, 4.69) is 24.3 Å². The Morgan fingerprint density at radius 3 is 2.39 bits per heavy atom.